The number of anilines is 3. The van der Waals surface area contributed by atoms with Crippen LogP contribution in [0.3, 0.4) is 0 Å². The van der Waals surface area contributed by atoms with Crippen LogP contribution in [0.15, 0.2) is 30.6 Å². The Morgan fingerprint density at radius 2 is 1.83 bits per heavy atom. The maximum Gasteiger partial charge on any atom is 0.163 e. The van der Waals surface area contributed by atoms with E-state index >= 15 is 0 Å². The van der Waals surface area contributed by atoms with Gasteiger partial charge in [-0.15, -0.1) is 0 Å². The van der Waals surface area contributed by atoms with Crippen molar-refractivity contribution in [3.8, 4) is 11.5 Å². The second kappa shape index (κ2) is 6.55. The molecule has 6 nitrogen and oxygen atoms in total. The van der Waals surface area contributed by atoms with E-state index in [0.29, 0.717) is 13.2 Å². The molecule has 0 spiro atoms. The van der Waals surface area contributed by atoms with Crippen LogP contribution in [-0.4, -0.2) is 36.3 Å². The minimum Gasteiger partial charge on any atom is -0.486 e. The highest BCUT2D eigenvalue weighted by molar-refractivity contribution is 5.63. The van der Waals surface area contributed by atoms with Gasteiger partial charge in [0.05, 0.1) is 0 Å². The van der Waals surface area contributed by atoms with E-state index < -0.39 is 0 Å². The van der Waals surface area contributed by atoms with Crippen LogP contribution in [0.25, 0.3) is 0 Å². The molecule has 1 N–H and O–H groups in total. The highest BCUT2D eigenvalue weighted by Gasteiger charge is 2.17. The molecule has 6 heteroatoms. The van der Waals surface area contributed by atoms with E-state index in [1.54, 1.807) is 6.33 Å². The molecule has 1 saturated heterocycles. The molecule has 0 radical (unpaired) electrons. The number of nitrogens with zero attached hydrogens (tertiary/aromatic N) is 3. The fourth-order valence-corrected chi connectivity index (χ4v) is 3.10. The van der Waals surface area contributed by atoms with Crippen LogP contribution >= 0.6 is 0 Å². The third-order valence-electron chi connectivity index (χ3n) is 4.57. The topological polar surface area (TPSA) is 59.5 Å². The molecule has 2 aromatic rings. The number of fused-ring (bicyclic) bond motifs is 1. The van der Waals surface area contributed by atoms with Gasteiger partial charge in [0, 0.05) is 30.9 Å². The molecule has 1 aromatic carbocycles. The summed E-state index contributed by atoms with van der Waals surface area (Å²) >= 11 is 0. The molecule has 0 bridgehead atoms. The number of aromatic nitrogens is 2. The van der Waals surface area contributed by atoms with Gasteiger partial charge in [-0.1, -0.05) is 6.92 Å². The molecule has 0 unspecified atom stereocenters. The highest BCUT2D eigenvalue weighted by atomic mass is 16.6. The minimum atomic E-state index is 0.585. The summed E-state index contributed by atoms with van der Waals surface area (Å²) in [6.07, 6.45) is 4.05. The van der Waals surface area contributed by atoms with Gasteiger partial charge in [0.25, 0.3) is 0 Å². The van der Waals surface area contributed by atoms with Crippen LogP contribution in [-0.2, 0) is 0 Å². The van der Waals surface area contributed by atoms with Gasteiger partial charge in [-0.3, -0.25) is 0 Å². The van der Waals surface area contributed by atoms with E-state index in [-0.39, 0.29) is 0 Å². The Labute approximate surface area is 141 Å². The first kappa shape index (κ1) is 15.1. The predicted molar refractivity (Wildman–Crippen MR) is 93.4 cm³/mol. The smallest absolute Gasteiger partial charge is 0.163 e. The molecule has 24 heavy (non-hydrogen) atoms. The number of benzene rings is 1. The third kappa shape index (κ3) is 3.22. The van der Waals surface area contributed by atoms with Crippen molar-refractivity contribution in [2.24, 2.45) is 5.92 Å². The molecule has 2 aliphatic heterocycles. The largest absolute Gasteiger partial charge is 0.486 e. The second-order valence-electron chi connectivity index (χ2n) is 6.41. The number of nitrogens with one attached hydrogen (secondary N) is 1. The predicted octanol–water partition coefficient (Wildman–Crippen LogP) is 3.23. The van der Waals surface area contributed by atoms with Gasteiger partial charge in [-0.25, -0.2) is 9.97 Å². The maximum absolute atomic E-state index is 5.62. The molecular formula is C18H22N4O2. The third-order valence-corrected chi connectivity index (χ3v) is 4.57. The summed E-state index contributed by atoms with van der Waals surface area (Å²) < 4.78 is 11.2. The van der Waals surface area contributed by atoms with Crippen LogP contribution < -0.4 is 19.7 Å². The maximum atomic E-state index is 5.62. The van der Waals surface area contributed by atoms with Crippen molar-refractivity contribution < 1.29 is 9.47 Å². The summed E-state index contributed by atoms with van der Waals surface area (Å²) in [5.74, 6) is 4.13. The number of hydrogen-bond donors (Lipinski definition) is 1. The van der Waals surface area contributed by atoms with Crippen molar-refractivity contribution in [3.05, 3.63) is 30.6 Å². The lowest BCUT2D eigenvalue weighted by Gasteiger charge is -2.31. The van der Waals surface area contributed by atoms with Crippen LogP contribution in [0.5, 0.6) is 11.5 Å². The zero-order valence-corrected chi connectivity index (χ0v) is 13.9. The van der Waals surface area contributed by atoms with Gasteiger partial charge < -0.3 is 19.7 Å². The Hall–Kier alpha value is -2.50. The highest BCUT2D eigenvalue weighted by Crippen LogP contribution is 2.33. The minimum absolute atomic E-state index is 0.585. The molecule has 1 aromatic heterocycles. The fourth-order valence-electron chi connectivity index (χ4n) is 3.10. The second-order valence-corrected chi connectivity index (χ2v) is 6.41. The van der Waals surface area contributed by atoms with Crippen molar-refractivity contribution >= 4 is 17.3 Å². The molecule has 1 fully saturated rings. The molecule has 0 saturated carbocycles. The zero-order chi connectivity index (χ0) is 16.4. The lowest BCUT2D eigenvalue weighted by atomic mass is 9.99. The summed E-state index contributed by atoms with van der Waals surface area (Å²) in [6, 6.07) is 7.84. The average molecular weight is 326 g/mol. The first-order valence-corrected chi connectivity index (χ1v) is 8.51. The molecular weight excluding hydrogens is 304 g/mol. The molecule has 0 atom stereocenters. The Balaban J connectivity index is 1.49. The Morgan fingerprint density at radius 1 is 1.04 bits per heavy atom. The normalized spacial score (nSPS) is 17.6. The van der Waals surface area contributed by atoms with Crippen molar-refractivity contribution in [2.45, 2.75) is 19.8 Å². The molecule has 2 aliphatic rings. The van der Waals surface area contributed by atoms with Gasteiger partial charge in [-0.05, 0) is 30.9 Å². The van der Waals surface area contributed by atoms with Crippen molar-refractivity contribution in [2.75, 3.05) is 36.5 Å². The first-order chi connectivity index (χ1) is 11.8. The van der Waals surface area contributed by atoms with Crippen LogP contribution in [0.2, 0.25) is 0 Å². The van der Waals surface area contributed by atoms with Crippen molar-refractivity contribution in [3.63, 3.8) is 0 Å². The van der Waals surface area contributed by atoms with E-state index in [2.05, 4.69) is 27.1 Å². The summed E-state index contributed by atoms with van der Waals surface area (Å²) in [6.45, 7) is 5.61. The molecule has 0 aliphatic carbocycles. The number of hydrogen-bond acceptors (Lipinski definition) is 6. The quantitative estimate of drug-likeness (QED) is 0.934. The summed E-state index contributed by atoms with van der Waals surface area (Å²) in [7, 11) is 0. The van der Waals surface area contributed by atoms with E-state index in [4.69, 9.17) is 9.47 Å². The van der Waals surface area contributed by atoms with E-state index in [9.17, 15) is 0 Å². The monoisotopic (exact) mass is 326 g/mol. The molecule has 3 heterocycles. The summed E-state index contributed by atoms with van der Waals surface area (Å²) in [4.78, 5) is 11.1. The molecule has 126 valence electrons. The summed E-state index contributed by atoms with van der Waals surface area (Å²) in [5.41, 5.74) is 0.927. The standard InChI is InChI=1S/C18H22N4O2/c1-13-4-6-22(7-5-13)18-11-17(19-12-20-18)21-14-2-3-15-16(10-14)24-9-8-23-15/h2-3,10-13H,4-9H2,1H3,(H,19,20,21). The Kier molecular flexibility index (Phi) is 4.11. The van der Waals surface area contributed by atoms with Crippen LogP contribution in [0.4, 0.5) is 17.3 Å². The number of piperidine rings is 1. The Morgan fingerprint density at radius 3 is 2.67 bits per heavy atom. The van der Waals surface area contributed by atoms with Crippen LogP contribution in [0, 0.1) is 5.92 Å². The Bertz CT molecular complexity index is 714. The van der Waals surface area contributed by atoms with Crippen molar-refractivity contribution in [1.82, 2.24) is 9.97 Å². The first-order valence-electron chi connectivity index (χ1n) is 8.51. The van der Waals surface area contributed by atoms with Crippen LogP contribution in [0.1, 0.15) is 19.8 Å². The lowest BCUT2D eigenvalue weighted by Crippen LogP contribution is -2.33. The van der Waals surface area contributed by atoms with Gasteiger partial charge in [0.15, 0.2) is 11.5 Å². The van der Waals surface area contributed by atoms with E-state index in [1.165, 1.54) is 12.8 Å². The summed E-state index contributed by atoms with van der Waals surface area (Å²) in [5, 5.41) is 3.33. The average Bonchev–Trinajstić information content (AvgIpc) is 2.62. The lowest BCUT2D eigenvalue weighted by molar-refractivity contribution is 0.171. The number of rotatable bonds is 3. The van der Waals surface area contributed by atoms with E-state index in [1.807, 2.05) is 24.3 Å². The fraction of sp³-hybridized carbons (Fsp3) is 0.444. The number of ether oxygens (including phenoxy) is 2. The molecule has 4 rings (SSSR count). The van der Waals surface area contributed by atoms with Crippen molar-refractivity contribution in [1.29, 1.82) is 0 Å². The van der Waals surface area contributed by atoms with E-state index in [0.717, 1.165) is 47.8 Å². The SMILES string of the molecule is CC1CCN(c2cc(Nc3ccc4c(c3)OCCO4)ncn2)CC1. The van der Waals surface area contributed by atoms with Gasteiger partial charge in [0.2, 0.25) is 0 Å². The van der Waals surface area contributed by atoms with Gasteiger partial charge >= 0.3 is 0 Å². The molecule has 0 amide bonds. The zero-order valence-electron chi connectivity index (χ0n) is 13.9. The van der Waals surface area contributed by atoms with Gasteiger partial charge in [-0.2, -0.15) is 0 Å². The van der Waals surface area contributed by atoms with Gasteiger partial charge in [0.1, 0.15) is 31.2 Å².